The Bertz CT molecular complexity index is 939. The van der Waals surface area contributed by atoms with E-state index in [1.54, 1.807) is 27.5 Å². The number of anilines is 1. The van der Waals surface area contributed by atoms with E-state index in [1.165, 1.54) is 0 Å². The minimum atomic E-state index is -0.668. The number of rotatable bonds is 8. The SMILES string of the molecule is COc1cc(-c2cc3ncccc3c(NCC(O)CN)n2)cc(OC)c1OC. The van der Waals surface area contributed by atoms with Gasteiger partial charge in [0.05, 0.1) is 38.6 Å². The van der Waals surface area contributed by atoms with Gasteiger partial charge < -0.3 is 30.4 Å². The summed E-state index contributed by atoms with van der Waals surface area (Å²) in [5.74, 6) is 2.19. The molecule has 1 aromatic carbocycles. The lowest BCUT2D eigenvalue weighted by molar-refractivity contribution is 0.196. The van der Waals surface area contributed by atoms with Crippen LogP contribution in [0.2, 0.25) is 0 Å². The molecular weight excluding hydrogens is 360 g/mol. The molecule has 1 unspecified atom stereocenters. The molecule has 0 aliphatic rings. The van der Waals surface area contributed by atoms with Gasteiger partial charge in [-0.15, -0.1) is 0 Å². The fourth-order valence-corrected chi connectivity index (χ4v) is 2.88. The molecule has 28 heavy (non-hydrogen) atoms. The Morgan fingerprint density at radius 2 is 1.82 bits per heavy atom. The molecule has 0 amide bonds. The number of hydrogen-bond acceptors (Lipinski definition) is 8. The van der Waals surface area contributed by atoms with Crippen LogP contribution in [0.15, 0.2) is 36.5 Å². The van der Waals surface area contributed by atoms with Crippen LogP contribution >= 0.6 is 0 Å². The Morgan fingerprint density at radius 1 is 1.11 bits per heavy atom. The highest BCUT2D eigenvalue weighted by atomic mass is 16.5. The summed E-state index contributed by atoms with van der Waals surface area (Å²) in [5, 5.41) is 13.8. The van der Waals surface area contributed by atoms with E-state index in [4.69, 9.17) is 24.9 Å². The van der Waals surface area contributed by atoms with Crippen molar-refractivity contribution < 1.29 is 19.3 Å². The fourth-order valence-electron chi connectivity index (χ4n) is 2.88. The van der Waals surface area contributed by atoms with Crippen LogP contribution in [0.25, 0.3) is 22.2 Å². The molecule has 3 aromatic rings. The van der Waals surface area contributed by atoms with E-state index >= 15 is 0 Å². The summed E-state index contributed by atoms with van der Waals surface area (Å²) < 4.78 is 16.3. The van der Waals surface area contributed by atoms with Gasteiger partial charge in [-0.3, -0.25) is 4.98 Å². The Balaban J connectivity index is 2.13. The molecule has 0 spiro atoms. The molecule has 0 saturated carbocycles. The van der Waals surface area contributed by atoms with Gasteiger partial charge in [-0.1, -0.05) is 0 Å². The van der Waals surface area contributed by atoms with E-state index in [9.17, 15) is 5.11 Å². The van der Waals surface area contributed by atoms with Gasteiger partial charge in [0.15, 0.2) is 11.5 Å². The summed E-state index contributed by atoms with van der Waals surface area (Å²) >= 11 is 0. The number of nitrogens with one attached hydrogen (secondary N) is 1. The van der Waals surface area contributed by atoms with Gasteiger partial charge in [-0.25, -0.2) is 4.98 Å². The number of nitrogens with zero attached hydrogens (tertiary/aromatic N) is 2. The van der Waals surface area contributed by atoms with E-state index in [1.807, 2.05) is 30.3 Å². The third kappa shape index (κ3) is 3.92. The molecule has 1 atom stereocenters. The fraction of sp³-hybridized carbons (Fsp3) is 0.300. The van der Waals surface area contributed by atoms with Gasteiger partial charge in [0, 0.05) is 30.2 Å². The lowest BCUT2D eigenvalue weighted by atomic mass is 10.1. The average molecular weight is 384 g/mol. The molecule has 0 aliphatic heterocycles. The van der Waals surface area contributed by atoms with E-state index in [0.717, 1.165) is 16.5 Å². The molecule has 2 heterocycles. The Hall–Kier alpha value is -3.10. The molecule has 4 N–H and O–H groups in total. The van der Waals surface area contributed by atoms with Crippen LogP contribution < -0.4 is 25.3 Å². The first kappa shape index (κ1) is 19.7. The number of nitrogens with two attached hydrogens (primary N) is 1. The second-order valence-electron chi connectivity index (χ2n) is 6.11. The average Bonchev–Trinajstić information content (AvgIpc) is 2.75. The van der Waals surface area contributed by atoms with Gasteiger partial charge >= 0.3 is 0 Å². The number of fused-ring (bicyclic) bond motifs is 1. The minimum Gasteiger partial charge on any atom is -0.493 e. The molecule has 0 radical (unpaired) electrons. The second kappa shape index (κ2) is 8.73. The van der Waals surface area contributed by atoms with Crippen molar-refractivity contribution in [1.82, 2.24) is 9.97 Å². The molecule has 3 rings (SSSR count). The van der Waals surface area contributed by atoms with Gasteiger partial charge in [-0.2, -0.15) is 0 Å². The molecule has 0 saturated heterocycles. The number of benzene rings is 1. The van der Waals surface area contributed by atoms with Crippen molar-refractivity contribution in [2.45, 2.75) is 6.10 Å². The lowest BCUT2D eigenvalue weighted by Crippen LogP contribution is -2.28. The summed E-state index contributed by atoms with van der Waals surface area (Å²) in [6, 6.07) is 9.31. The zero-order chi connectivity index (χ0) is 20.1. The number of hydrogen-bond donors (Lipinski definition) is 3. The Labute approximate surface area is 163 Å². The highest BCUT2D eigenvalue weighted by Crippen LogP contribution is 2.41. The molecule has 0 fully saturated rings. The molecule has 8 nitrogen and oxygen atoms in total. The predicted molar refractivity (Wildman–Crippen MR) is 108 cm³/mol. The third-order valence-electron chi connectivity index (χ3n) is 4.34. The second-order valence-corrected chi connectivity index (χ2v) is 6.11. The van der Waals surface area contributed by atoms with Crippen LogP contribution in [0.5, 0.6) is 17.2 Å². The van der Waals surface area contributed by atoms with Crippen LogP contribution in [0.4, 0.5) is 5.82 Å². The van der Waals surface area contributed by atoms with Gasteiger partial charge in [-0.05, 0) is 30.3 Å². The Kier molecular flexibility index (Phi) is 6.13. The van der Waals surface area contributed by atoms with E-state index in [-0.39, 0.29) is 13.1 Å². The standard InChI is InChI=1S/C20H24N4O4/c1-26-17-7-12(8-18(27-2)19(17)28-3)15-9-16-14(5-4-6-22-16)20(24-15)23-11-13(25)10-21/h4-9,13,25H,10-11,21H2,1-3H3,(H,23,24). The summed E-state index contributed by atoms with van der Waals surface area (Å²) in [4.78, 5) is 9.17. The number of aromatic nitrogens is 2. The van der Waals surface area contributed by atoms with Crippen LogP contribution in [-0.4, -0.2) is 55.6 Å². The molecule has 148 valence electrons. The van der Waals surface area contributed by atoms with Crippen LogP contribution in [-0.2, 0) is 0 Å². The zero-order valence-electron chi connectivity index (χ0n) is 16.1. The maximum absolute atomic E-state index is 9.79. The predicted octanol–water partition coefficient (Wildman–Crippen LogP) is 2.05. The third-order valence-corrected chi connectivity index (χ3v) is 4.34. The summed E-state index contributed by atoms with van der Waals surface area (Å²) in [6.45, 7) is 0.446. The molecule has 0 bridgehead atoms. The topological polar surface area (TPSA) is 112 Å². The van der Waals surface area contributed by atoms with Gasteiger partial charge in [0.2, 0.25) is 5.75 Å². The maximum Gasteiger partial charge on any atom is 0.203 e. The first-order chi connectivity index (χ1) is 13.6. The minimum absolute atomic E-state index is 0.162. The van der Waals surface area contributed by atoms with Crippen LogP contribution in [0.1, 0.15) is 0 Å². The first-order valence-corrected chi connectivity index (χ1v) is 8.79. The van der Waals surface area contributed by atoms with Crippen molar-refractivity contribution in [2.24, 2.45) is 5.73 Å². The highest BCUT2D eigenvalue weighted by molar-refractivity contribution is 5.92. The largest absolute Gasteiger partial charge is 0.493 e. The van der Waals surface area contributed by atoms with Gasteiger partial charge in [0.25, 0.3) is 0 Å². The smallest absolute Gasteiger partial charge is 0.203 e. The maximum atomic E-state index is 9.79. The quantitative estimate of drug-likeness (QED) is 0.541. The van der Waals surface area contributed by atoms with Gasteiger partial charge in [0.1, 0.15) is 5.82 Å². The highest BCUT2D eigenvalue weighted by Gasteiger charge is 2.16. The lowest BCUT2D eigenvalue weighted by Gasteiger charge is -2.16. The zero-order valence-corrected chi connectivity index (χ0v) is 16.1. The summed E-state index contributed by atoms with van der Waals surface area (Å²) in [7, 11) is 4.69. The van der Waals surface area contributed by atoms with Crippen molar-refractivity contribution in [1.29, 1.82) is 0 Å². The van der Waals surface area contributed by atoms with Crippen molar-refractivity contribution in [3.63, 3.8) is 0 Å². The van der Waals surface area contributed by atoms with E-state index < -0.39 is 6.10 Å². The van der Waals surface area contributed by atoms with Crippen molar-refractivity contribution in [3.05, 3.63) is 36.5 Å². The molecule has 8 heteroatoms. The van der Waals surface area contributed by atoms with E-state index in [0.29, 0.717) is 28.8 Å². The van der Waals surface area contributed by atoms with Crippen LogP contribution in [0.3, 0.4) is 0 Å². The van der Waals surface area contributed by atoms with E-state index in [2.05, 4.69) is 10.3 Å². The number of pyridine rings is 2. The monoisotopic (exact) mass is 384 g/mol. The summed E-state index contributed by atoms with van der Waals surface area (Å²) in [5.41, 5.74) is 7.73. The Morgan fingerprint density at radius 3 is 2.43 bits per heavy atom. The summed E-state index contributed by atoms with van der Waals surface area (Å²) in [6.07, 6.45) is 1.05. The van der Waals surface area contributed by atoms with Crippen LogP contribution in [0, 0.1) is 0 Å². The number of aliphatic hydroxyl groups excluding tert-OH is 1. The number of ether oxygens (including phenoxy) is 3. The number of methoxy groups -OCH3 is 3. The molecular formula is C20H24N4O4. The normalized spacial score (nSPS) is 11.9. The van der Waals surface area contributed by atoms with Crippen molar-refractivity contribution in [2.75, 3.05) is 39.7 Å². The molecule has 2 aromatic heterocycles. The first-order valence-electron chi connectivity index (χ1n) is 8.79. The van der Waals surface area contributed by atoms with Crippen molar-refractivity contribution in [3.8, 4) is 28.5 Å². The van der Waals surface area contributed by atoms with Crippen molar-refractivity contribution >= 4 is 16.7 Å². The molecule has 0 aliphatic carbocycles. The number of aliphatic hydroxyl groups is 1.